The Balaban J connectivity index is 2.36. The smallest absolute Gasteiger partial charge is 0.327 e. The second kappa shape index (κ2) is 8.74. The van der Waals surface area contributed by atoms with Gasteiger partial charge in [0.05, 0.1) is 23.9 Å². The average Bonchev–Trinajstić information content (AvgIpc) is 2.61. The zero-order chi connectivity index (χ0) is 20.0. The minimum atomic E-state index is -1.01. The standard InChI is InChI=1S/C18H24FN5O3/c1-12(18(2,3)27)22-16-20-9-8-15(23-16)24(17(26)21-10-11-25)14-6-4-13(19)5-7-14/h4-9,12,25,27H,10-11H2,1-3H3,(H,21,26)(H,20,22,23). The molecule has 0 aliphatic carbocycles. The number of carbonyl (C=O) groups excluding carboxylic acids is 1. The van der Waals surface area contributed by atoms with Crippen molar-refractivity contribution in [1.29, 1.82) is 0 Å². The van der Waals surface area contributed by atoms with E-state index in [1.54, 1.807) is 20.8 Å². The molecule has 1 atom stereocenters. The van der Waals surface area contributed by atoms with Crippen LogP contribution in [0.1, 0.15) is 20.8 Å². The van der Waals surface area contributed by atoms with Crippen molar-refractivity contribution < 1.29 is 19.4 Å². The summed E-state index contributed by atoms with van der Waals surface area (Å²) in [4.78, 5) is 22.3. The van der Waals surface area contributed by atoms with Crippen LogP contribution < -0.4 is 15.5 Å². The number of halogens is 1. The molecule has 2 aromatic rings. The molecule has 0 spiro atoms. The minimum absolute atomic E-state index is 0.0580. The van der Waals surface area contributed by atoms with Crippen molar-refractivity contribution in [2.45, 2.75) is 32.4 Å². The van der Waals surface area contributed by atoms with Gasteiger partial charge in [0, 0.05) is 18.8 Å². The molecule has 146 valence electrons. The topological polar surface area (TPSA) is 111 Å². The lowest BCUT2D eigenvalue weighted by atomic mass is 10.0. The molecule has 0 aliphatic rings. The van der Waals surface area contributed by atoms with Crippen LogP contribution in [0.3, 0.4) is 0 Å². The summed E-state index contributed by atoms with van der Waals surface area (Å²) in [5, 5.41) is 24.6. The van der Waals surface area contributed by atoms with E-state index in [1.807, 2.05) is 0 Å². The van der Waals surface area contributed by atoms with Crippen molar-refractivity contribution in [2.75, 3.05) is 23.4 Å². The molecule has 1 unspecified atom stereocenters. The van der Waals surface area contributed by atoms with Crippen LogP contribution in [-0.2, 0) is 0 Å². The van der Waals surface area contributed by atoms with Crippen LogP contribution in [0.4, 0.5) is 26.6 Å². The maximum Gasteiger partial charge on any atom is 0.327 e. The number of anilines is 3. The first-order chi connectivity index (χ1) is 12.7. The first-order valence-corrected chi connectivity index (χ1v) is 8.48. The highest BCUT2D eigenvalue weighted by Gasteiger charge is 2.24. The highest BCUT2D eigenvalue weighted by atomic mass is 19.1. The van der Waals surface area contributed by atoms with Crippen molar-refractivity contribution in [3.63, 3.8) is 0 Å². The predicted octanol–water partition coefficient (Wildman–Crippen LogP) is 2.03. The molecule has 0 aliphatic heterocycles. The molecule has 0 fully saturated rings. The Kier molecular flexibility index (Phi) is 6.65. The van der Waals surface area contributed by atoms with Crippen molar-refractivity contribution in [1.82, 2.24) is 15.3 Å². The fourth-order valence-corrected chi connectivity index (χ4v) is 2.10. The summed E-state index contributed by atoms with van der Waals surface area (Å²) < 4.78 is 13.3. The van der Waals surface area contributed by atoms with Gasteiger partial charge in [-0.15, -0.1) is 0 Å². The van der Waals surface area contributed by atoms with Crippen molar-refractivity contribution in [3.05, 3.63) is 42.3 Å². The number of amides is 2. The number of aromatic nitrogens is 2. The van der Waals surface area contributed by atoms with Gasteiger partial charge in [0.1, 0.15) is 11.6 Å². The van der Waals surface area contributed by atoms with Crippen LogP contribution in [0, 0.1) is 5.82 Å². The van der Waals surface area contributed by atoms with Gasteiger partial charge in [0.15, 0.2) is 0 Å². The summed E-state index contributed by atoms with van der Waals surface area (Å²) in [5.74, 6) is 0.0419. The Bertz CT molecular complexity index is 764. The van der Waals surface area contributed by atoms with Crippen LogP contribution in [0.2, 0.25) is 0 Å². The third-order valence-electron chi connectivity index (χ3n) is 3.95. The van der Waals surface area contributed by atoms with Crippen molar-refractivity contribution in [3.8, 4) is 0 Å². The number of hydrogen-bond acceptors (Lipinski definition) is 6. The van der Waals surface area contributed by atoms with E-state index in [1.165, 1.54) is 41.4 Å². The minimum Gasteiger partial charge on any atom is -0.395 e. The van der Waals surface area contributed by atoms with Gasteiger partial charge in [0.25, 0.3) is 0 Å². The molecule has 9 heteroatoms. The van der Waals surface area contributed by atoms with E-state index >= 15 is 0 Å². The Morgan fingerprint density at radius 3 is 2.56 bits per heavy atom. The Morgan fingerprint density at radius 1 is 1.30 bits per heavy atom. The number of nitrogens with zero attached hydrogens (tertiary/aromatic N) is 3. The van der Waals surface area contributed by atoms with Crippen LogP contribution in [-0.4, -0.2) is 51.0 Å². The highest BCUT2D eigenvalue weighted by molar-refractivity contribution is 5.98. The summed E-state index contributed by atoms with van der Waals surface area (Å²) >= 11 is 0. The van der Waals surface area contributed by atoms with E-state index in [2.05, 4.69) is 20.6 Å². The van der Waals surface area contributed by atoms with Crippen molar-refractivity contribution in [2.24, 2.45) is 0 Å². The first-order valence-electron chi connectivity index (χ1n) is 8.48. The largest absolute Gasteiger partial charge is 0.395 e. The SMILES string of the molecule is CC(Nc1nccc(N(C(=O)NCCO)c2ccc(F)cc2)n1)C(C)(C)O. The van der Waals surface area contributed by atoms with Crippen LogP contribution in [0.25, 0.3) is 0 Å². The molecule has 0 bridgehead atoms. The van der Waals surface area contributed by atoms with Crippen LogP contribution >= 0.6 is 0 Å². The fourth-order valence-electron chi connectivity index (χ4n) is 2.10. The number of rotatable bonds is 7. The summed E-state index contributed by atoms with van der Waals surface area (Å²) in [5.41, 5.74) is -0.610. The zero-order valence-electron chi connectivity index (χ0n) is 15.5. The van der Waals surface area contributed by atoms with E-state index in [9.17, 15) is 14.3 Å². The Morgan fingerprint density at radius 2 is 1.96 bits per heavy atom. The maximum absolute atomic E-state index is 13.3. The summed E-state index contributed by atoms with van der Waals surface area (Å²) in [6, 6.07) is 6.01. The van der Waals surface area contributed by atoms with Gasteiger partial charge in [0.2, 0.25) is 5.95 Å². The lowest BCUT2D eigenvalue weighted by molar-refractivity contribution is 0.0646. The number of carbonyl (C=O) groups is 1. The summed E-state index contributed by atoms with van der Waals surface area (Å²) in [6.07, 6.45) is 1.47. The van der Waals surface area contributed by atoms with Gasteiger partial charge in [-0.1, -0.05) is 0 Å². The lowest BCUT2D eigenvalue weighted by Crippen LogP contribution is -2.40. The highest BCUT2D eigenvalue weighted by Crippen LogP contribution is 2.25. The number of aliphatic hydroxyl groups is 2. The Hall–Kier alpha value is -2.78. The average molecular weight is 377 g/mol. The number of benzene rings is 1. The third-order valence-corrected chi connectivity index (χ3v) is 3.95. The molecule has 4 N–H and O–H groups in total. The normalized spacial score (nSPS) is 12.4. The third kappa shape index (κ3) is 5.60. The van der Waals surface area contributed by atoms with Gasteiger partial charge in [-0.05, 0) is 45.0 Å². The molecule has 1 aromatic carbocycles. The van der Waals surface area contributed by atoms with Gasteiger partial charge in [-0.2, -0.15) is 4.98 Å². The van der Waals surface area contributed by atoms with Crippen LogP contribution in [0.5, 0.6) is 0 Å². The molecule has 0 radical (unpaired) electrons. The van der Waals surface area contributed by atoms with Gasteiger partial charge >= 0.3 is 6.03 Å². The molecule has 1 heterocycles. The summed E-state index contributed by atoms with van der Waals surface area (Å²) in [6.45, 7) is 4.93. The quantitative estimate of drug-likeness (QED) is 0.588. The molecule has 1 aromatic heterocycles. The van der Waals surface area contributed by atoms with Crippen LogP contribution in [0.15, 0.2) is 36.5 Å². The number of nitrogens with one attached hydrogen (secondary N) is 2. The zero-order valence-corrected chi connectivity index (χ0v) is 15.5. The maximum atomic E-state index is 13.3. The molecule has 2 amide bonds. The van der Waals surface area contributed by atoms with E-state index in [0.717, 1.165) is 0 Å². The van der Waals surface area contributed by atoms with E-state index in [4.69, 9.17) is 5.11 Å². The molecule has 0 saturated heterocycles. The number of urea groups is 1. The second-order valence-corrected chi connectivity index (χ2v) is 6.53. The molecule has 0 saturated carbocycles. The monoisotopic (exact) mass is 377 g/mol. The second-order valence-electron chi connectivity index (χ2n) is 6.53. The van der Waals surface area contributed by atoms with Crippen molar-refractivity contribution >= 4 is 23.5 Å². The van der Waals surface area contributed by atoms with Gasteiger partial charge < -0.3 is 20.8 Å². The fraction of sp³-hybridized carbons (Fsp3) is 0.389. The molecule has 2 rings (SSSR count). The van der Waals surface area contributed by atoms with Gasteiger partial charge in [-0.3, -0.25) is 0 Å². The molecule has 27 heavy (non-hydrogen) atoms. The predicted molar refractivity (Wildman–Crippen MR) is 100 cm³/mol. The molecular weight excluding hydrogens is 353 g/mol. The van der Waals surface area contributed by atoms with E-state index in [-0.39, 0.29) is 31.0 Å². The van der Waals surface area contributed by atoms with E-state index in [0.29, 0.717) is 5.69 Å². The number of hydrogen-bond donors (Lipinski definition) is 4. The Labute approximate surface area is 157 Å². The lowest BCUT2D eigenvalue weighted by Gasteiger charge is -2.27. The number of aliphatic hydroxyl groups excluding tert-OH is 1. The van der Waals surface area contributed by atoms with Gasteiger partial charge in [-0.25, -0.2) is 19.1 Å². The molecule has 8 nitrogen and oxygen atoms in total. The first kappa shape index (κ1) is 20.5. The van der Waals surface area contributed by atoms with E-state index < -0.39 is 17.4 Å². The summed E-state index contributed by atoms with van der Waals surface area (Å²) in [7, 11) is 0. The molecular formula is C18H24FN5O3.